The van der Waals surface area contributed by atoms with Gasteiger partial charge in [0.2, 0.25) is 5.39 Å². The van der Waals surface area contributed by atoms with Crippen LogP contribution >= 0.6 is 11.6 Å². The third-order valence-corrected chi connectivity index (χ3v) is 2.98. The van der Waals surface area contributed by atoms with Gasteiger partial charge in [-0.15, -0.1) is 0 Å². The number of methoxy groups -OCH3 is 1. The number of nitrogens with zero attached hydrogens (tertiary/aromatic N) is 2. The number of diazo groups is 1. The summed E-state index contributed by atoms with van der Waals surface area (Å²) in [6.45, 7) is 0. The fraction of sp³-hybridized carbons (Fsp3) is 0.143. The number of hydrogen-bond acceptors (Lipinski definition) is 4. The van der Waals surface area contributed by atoms with E-state index in [1.165, 1.54) is 13.2 Å². The fourth-order valence-corrected chi connectivity index (χ4v) is 2.03. The molecule has 88 valence electrons. The summed E-state index contributed by atoms with van der Waals surface area (Å²) in [4.78, 5) is 2.21. The van der Waals surface area contributed by atoms with Crippen molar-refractivity contribution in [3.8, 4) is 5.75 Å². The summed E-state index contributed by atoms with van der Waals surface area (Å²) in [6, 6.07) is 2.14. The highest BCUT2D eigenvalue weighted by molar-refractivity contribution is 7.86. The first-order valence-corrected chi connectivity index (χ1v) is 5.42. The molecule has 0 aromatic heterocycles. The lowest BCUT2D eigenvalue weighted by Crippen LogP contribution is -3.00. The maximum absolute atomic E-state index is 10.9. The highest BCUT2D eigenvalue weighted by Crippen LogP contribution is 2.35. The molecule has 0 radical (unpaired) electrons. The minimum absolute atomic E-state index is 0. The van der Waals surface area contributed by atoms with E-state index in [2.05, 4.69) is 4.98 Å². The minimum Gasteiger partial charge on any atom is -1.00 e. The predicted octanol–water partition coefficient (Wildman–Crippen LogP) is -0.916. The molecule has 1 aromatic rings. The van der Waals surface area contributed by atoms with E-state index in [0.29, 0.717) is 0 Å². The summed E-state index contributed by atoms with van der Waals surface area (Å²) in [5, 5.41) is 8.22. The van der Waals surface area contributed by atoms with Gasteiger partial charge in [0, 0.05) is 0 Å². The summed E-state index contributed by atoms with van der Waals surface area (Å²) in [7, 11) is -3.22. The van der Waals surface area contributed by atoms with Gasteiger partial charge >= 0.3 is 5.69 Å². The van der Waals surface area contributed by atoms with Crippen LogP contribution in [0, 0.1) is 5.39 Å². The molecule has 0 spiro atoms. The molecule has 0 saturated carbocycles. The number of halogens is 2. The minimum atomic E-state index is -4.48. The molecular formula is C7H6BrClN2O4S. The van der Waals surface area contributed by atoms with Crippen molar-refractivity contribution in [3.05, 3.63) is 22.1 Å². The van der Waals surface area contributed by atoms with E-state index in [9.17, 15) is 8.42 Å². The molecule has 0 unspecified atom stereocenters. The first-order chi connectivity index (χ1) is 6.90. The zero-order valence-electron chi connectivity index (χ0n) is 7.89. The maximum atomic E-state index is 10.9. The summed E-state index contributed by atoms with van der Waals surface area (Å²) in [5.74, 6) is -0.0143. The van der Waals surface area contributed by atoms with E-state index in [1.54, 1.807) is 0 Å². The van der Waals surface area contributed by atoms with Gasteiger partial charge in [0.1, 0.15) is 15.7 Å². The van der Waals surface area contributed by atoms with Crippen LogP contribution in [0.5, 0.6) is 5.75 Å². The maximum Gasteiger partial charge on any atom is 0.390 e. The average Bonchev–Trinajstić information content (AvgIpc) is 2.16. The lowest BCUT2D eigenvalue weighted by Gasteiger charge is -2.03. The van der Waals surface area contributed by atoms with E-state index in [4.69, 9.17) is 26.3 Å². The van der Waals surface area contributed by atoms with Gasteiger partial charge in [0.05, 0.1) is 19.2 Å². The van der Waals surface area contributed by atoms with Gasteiger partial charge in [-0.3, -0.25) is 4.55 Å². The summed E-state index contributed by atoms with van der Waals surface area (Å²) < 4.78 is 35.3. The molecule has 0 bridgehead atoms. The van der Waals surface area contributed by atoms with Crippen molar-refractivity contribution in [3.63, 3.8) is 0 Å². The Morgan fingerprint density at radius 2 is 2.06 bits per heavy atom. The average molecular weight is 330 g/mol. The van der Waals surface area contributed by atoms with Crippen molar-refractivity contribution < 1.29 is 34.7 Å². The van der Waals surface area contributed by atoms with E-state index in [-0.39, 0.29) is 33.4 Å². The predicted molar refractivity (Wildman–Crippen MR) is 52.6 cm³/mol. The second-order valence-electron chi connectivity index (χ2n) is 2.54. The molecule has 0 atom stereocenters. The molecule has 0 fully saturated rings. The van der Waals surface area contributed by atoms with Gasteiger partial charge in [0.15, 0.2) is 4.98 Å². The van der Waals surface area contributed by atoms with E-state index >= 15 is 0 Å². The Labute approximate surface area is 107 Å². The second-order valence-corrected chi connectivity index (χ2v) is 4.30. The first kappa shape index (κ1) is 15.1. The number of ether oxygens (including phenoxy) is 1. The molecule has 0 aliphatic heterocycles. The van der Waals surface area contributed by atoms with Crippen LogP contribution in [-0.2, 0) is 10.1 Å². The lowest BCUT2D eigenvalue weighted by molar-refractivity contribution is -0.00000764. The molecular weight excluding hydrogens is 324 g/mol. The molecule has 0 saturated heterocycles. The number of rotatable bonds is 2. The summed E-state index contributed by atoms with van der Waals surface area (Å²) in [6.07, 6.45) is 0. The normalized spacial score (nSPS) is 10.1. The quantitative estimate of drug-likeness (QED) is 0.560. The Morgan fingerprint density at radius 3 is 2.44 bits per heavy atom. The Morgan fingerprint density at radius 1 is 1.50 bits per heavy atom. The highest BCUT2D eigenvalue weighted by Gasteiger charge is 2.23. The zero-order chi connectivity index (χ0) is 11.6. The van der Waals surface area contributed by atoms with Gasteiger partial charge < -0.3 is 21.7 Å². The van der Waals surface area contributed by atoms with Crippen molar-refractivity contribution in [2.45, 2.75) is 4.90 Å². The van der Waals surface area contributed by atoms with Gasteiger partial charge in [-0.2, -0.15) is 8.42 Å². The van der Waals surface area contributed by atoms with Crippen LogP contribution in [0.4, 0.5) is 5.69 Å². The Balaban J connectivity index is 0.00000225. The largest absolute Gasteiger partial charge is 1.00 e. The van der Waals surface area contributed by atoms with Crippen LogP contribution < -0.4 is 21.7 Å². The summed E-state index contributed by atoms with van der Waals surface area (Å²) in [5.41, 5.74) is -0.0936. The van der Waals surface area contributed by atoms with Crippen molar-refractivity contribution in [1.82, 2.24) is 0 Å². The number of hydrogen-bond donors (Lipinski definition) is 1. The van der Waals surface area contributed by atoms with Crippen molar-refractivity contribution in [2.75, 3.05) is 7.11 Å². The molecule has 16 heavy (non-hydrogen) atoms. The zero-order valence-corrected chi connectivity index (χ0v) is 11.0. The lowest BCUT2D eigenvalue weighted by atomic mass is 10.3. The monoisotopic (exact) mass is 328 g/mol. The van der Waals surface area contributed by atoms with Gasteiger partial charge in [-0.1, -0.05) is 11.6 Å². The van der Waals surface area contributed by atoms with E-state index in [1.807, 2.05) is 0 Å². The molecule has 0 amide bonds. The number of benzene rings is 1. The van der Waals surface area contributed by atoms with Gasteiger partial charge in [-0.05, 0) is 0 Å². The molecule has 0 heterocycles. The van der Waals surface area contributed by atoms with Crippen LogP contribution in [0.15, 0.2) is 17.0 Å². The molecule has 0 aliphatic rings. The van der Waals surface area contributed by atoms with Crippen LogP contribution in [0.1, 0.15) is 0 Å². The molecule has 1 rings (SSSR count). The van der Waals surface area contributed by atoms with Crippen LogP contribution in [0.25, 0.3) is 4.98 Å². The molecule has 9 heteroatoms. The third-order valence-electron chi connectivity index (χ3n) is 1.60. The van der Waals surface area contributed by atoms with Gasteiger partial charge in [0.25, 0.3) is 10.1 Å². The topological polar surface area (TPSA) is 91.8 Å². The van der Waals surface area contributed by atoms with E-state index < -0.39 is 15.0 Å². The van der Waals surface area contributed by atoms with Crippen LogP contribution in [0.3, 0.4) is 0 Å². The van der Waals surface area contributed by atoms with Crippen molar-refractivity contribution >= 4 is 27.4 Å². The first-order valence-electron chi connectivity index (χ1n) is 3.60. The molecule has 1 N–H and O–H groups in total. The summed E-state index contributed by atoms with van der Waals surface area (Å²) >= 11 is 5.64. The highest BCUT2D eigenvalue weighted by atomic mass is 79.9. The molecule has 1 aromatic carbocycles. The van der Waals surface area contributed by atoms with Crippen molar-refractivity contribution in [1.29, 1.82) is 5.39 Å². The second kappa shape index (κ2) is 5.45. The van der Waals surface area contributed by atoms with Crippen LogP contribution in [-0.4, -0.2) is 20.1 Å². The SMILES string of the molecule is COc1cc([N+]#N)cc(S(=O)(=O)O)c1Cl.[Br-]. The molecule has 6 nitrogen and oxygen atoms in total. The third kappa shape index (κ3) is 3.05. The Bertz CT molecular complexity index is 540. The van der Waals surface area contributed by atoms with Crippen molar-refractivity contribution in [2.24, 2.45) is 0 Å². The Kier molecular flexibility index (Phi) is 5.15. The van der Waals surface area contributed by atoms with Crippen LogP contribution in [0.2, 0.25) is 5.02 Å². The van der Waals surface area contributed by atoms with E-state index in [0.717, 1.165) is 6.07 Å². The molecule has 0 aliphatic carbocycles. The van der Waals surface area contributed by atoms with Gasteiger partial charge in [-0.25, -0.2) is 0 Å². The standard InChI is InChI=1S/C7H5ClN2O4S.BrH/c1-14-5-2-4(10-9)3-6(7(5)8)15(11,12)13;/h2-3H,1H3;1H. The Hall–Kier alpha value is -0.880. The smallest absolute Gasteiger partial charge is 0.390 e. The fourth-order valence-electron chi connectivity index (χ4n) is 0.952.